The number of carbonyl (C=O) groups excluding carboxylic acids is 1. The maximum atomic E-state index is 13.8. The minimum atomic E-state index is -0.658. The Kier molecular flexibility index (Phi) is 8.23. The van der Waals surface area contributed by atoms with Crippen LogP contribution in [0.2, 0.25) is 0 Å². The van der Waals surface area contributed by atoms with Crippen LogP contribution >= 0.6 is 0 Å². The van der Waals surface area contributed by atoms with Crippen LogP contribution < -0.4 is 15.2 Å². The average Bonchev–Trinajstić information content (AvgIpc) is 2.78. The third kappa shape index (κ3) is 6.17. The number of methoxy groups -OCH3 is 1. The molecule has 5 nitrogen and oxygen atoms in total. The highest BCUT2D eigenvalue weighted by atomic mass is 19.1. The van der Waals surface area contributed by atoms with Crippen molar-refractivity contribution >= 4 is 5.91 Å². The van der Waals surface area contributed by atoms with Crippen LogP contribution in [-0.2, 0) is 17.9 Å². The zero-order valence-corrected chi connectivity index (χ0v) is 17.9. The molecule has 2 aromatic rings. The highest BCUT2D eigenvalue weighted by Gasteiger charge is 2.26. The van der Waals surface area contributed by atoms with E-state index in [9.17, 15) is 13.6 Å². The van der Waals surface area contributed by atoms with Gasteiger partial charge in [-0.1, -0.05) is 25.3 Å². The first kappa shape index (κ1) is 23.0. The maximum absolute atomic E-state index is 13.8. The number of carbonyl (C=O) groups is 1. The molecule has 0 bridgehead atoms. The third-order valence-corrected chi connectivity index (χ3v) is 5.66. The van der Waals surface area contributed by atoms with E-state index in [1.54, 1.807) is 6.07 Å². The predicted molar refractivity (Wildman–Crippen MR) is 115 cm³/mol. The van der Waals surface area contributed by atoms with E-state index in [2.05, 4.69) is 0 Å². The van der Waals surface area contributed by atoms with E-state index in [1.165, 1.54) is 25.7 Å². The summed E-state index contributed by atoms with van der Waals surface area (Å²) in [5.41, 5.74) is 6.90. The molecule has 3 rings (SSSR count). The molecule has 0 unspecified atom stereocenters. The fourth-order valence-electron chi connectivity index (χ4n) is 3.97. The van der Waals surface area contributed by atoms with Gasteiger partial charge in [-0.05, 0) is 42.7 Å². The van der Waals surface area contributed by atoms with E-state index in [0.717, 1.165) is 37.3 Å². The molecule has 0 heterocycles. The summed E-state index contributed by atoms with van der Waals surface area (Å²) in [6.07, 6.45) is 5.27. The Morgan fingerprint density at radius 2 is 1.87 bits per heavy atom. The number of ether oxygens (including phenoxy) is 2. The largest absolute Gasteiger partial charge is 0.493 e. The van der Waals surface area contributed by atoms with Crippen molar-refractivity contribution in [2.45, 2.75) is 45.3 Å². The Bertz CT molecular complexity index is 885. The van der Waals surface area contributed by atoms with Gasteiger partial charge in [0, 0.05) is 37.2 Å². The summed E-state index contributed by atoms with van der Waals surface area (Å²) in [5.74, 6) is -0.120. The van der Waals surface area contributed by atoms with Crippen molar-refractivity contribution in [2.75, 3.05) is 20.2 Å². The van der Waals surface area contributed by atoms with Gasteiger partial charge in [-0.2, -0.15) is 0 Å². The number of hydrogen-bond acceptors (Lipinski definition) is 4. The van der Waals surface area contributed by atoms with Gasteiger partial charge >= 0.3 is 0 Å². The molecule has 1 aliphatic rings. The zero-order valence-electron chi connectivity index (χ0n) is 17.9. The summed E-state index contributed by atoms with van der Waals surface area (Å²) in [5, 5.41) is 0. The van der Waals surface area contributed by atoms with Crippen LogP contribution in [0.4, 0.5) is 8.78 Å². The summed E-state index contributed by atoms with van der Waals surface area (Å²) >= 11 is 0. The number of rotatable bonds is 9. The molecule has 168 valence electrons. The fourth-order valence-corrected chi connectivity index (χ4v) is 3.97. The number of hydrogen-bond donors (Lipinski definition) is 1. The first-order valence-electron chi connectivity index (χ1n) is 10.7. The van der Waals surface area contributed by atoms with Crippen LogP contribution in [0.1, 0.15) is 43.2 Å². The highest BCUT2D eigenvalue weighted by Crippen LogP contribution is 2.31. The first-order valence-corrected chi connectivity index (χ1v) is 10.7. The number of nitrogens with zero attached hydrogens (tertiary/aromatic N) is 1. The highest BCUT2D eigenvalue weighted by molar-refractivity contribution is 5.79. The van der Waals surface area contributed by atoms with Gasteiger partial charge in [-0.25, -0.2) is 8.78 Å². The molecule has 0 aliphatic heterocycles. The second-order valence-electron chi connectivity index (χ2n) is 7.89. The molecule has 0 atom stereocenters. The molecule has 7 heteroatoms. The van der Waals surface area contributed by atoms with Gasteiger partial charge in [0.25, 0.3) is 0 Å². The molecule has 0 radical (unpaired) electrons. The van der Waals surface area contributed by atoms with Crippen LogP contribution in [-0.4, -0.2) is 31.0 Å². The molecule has 1 amide bonds. The molecule has 0 spiro atoms. The summed E-state index contributed by atoms with van der Waals surface area (Å²) in [6, 6.07) is 8.78. The lowest BCUT2D eigenvalue weighted by atomic mass is 9.88. The van der Waals surface area contributed by atoms with Crippen molar-refractivity contribution in [3.05, 3.63) is 59.2 Å². The van der Waals surface area contributed by atoms with Crippen molar-refractivity contribution in [1.29, 1.82) is 0 Å². The van der Waals surface area contributed by atoms with E-state index >= 15 is 0 Å². The van der Waals surface area contributed by atoms with Crippen molar-refractivity contribution in [2.24, 2.45) is 11.7 Å². The Hall–Kier alpha value is -2.67. The molecular weight excluding hydrogens is 402 g/mol. The minimum absolute atomic E-state index is 0.0543. The third-order valence-electron chi connectivity index (χ3n) is 5.66. The summed E-state index contributed by atoms with van der Waals surface area (Å²) < 4.78 is 38.0. The number of benzene rings is 2. The van der Waals surface area contributed by atoms with E-state index in [-0.39, 0.29) is 24.0 Å². The van der Waals surface area contributed by atoms with Crippen LogP contribution in [0.3, 0.4) is 0 Å². The average molecular weight is 433 g/mol. The van der Waals surface area contributed by atoms with Gasteiger partial charge in [0.2, 0.25) is 5.91 Å². The molecule has 0 saturated heterocycles. The second-order valence-corrected chi connectivity index (χ2v) is 7.89. The van der Waals surface area contributed by atoms with Crippen LogP contribution in [0.5, 0.6) is 11.5 Å². The molecule has 0 aromatic heterocycles. The Labute approximate surface area is 182 Å². The molecule has 31 heavy (non-hydrogen) atoms. The van der Waals surface area contributed by atoms with Gasteiger partial charge in [0.05, 0.1) is 7.11 Å². The van der Waals surface area contributed by atoms with Crippen LogP contribution in [0.25, 0.3) is 0 Å². The van der Waals surface area contributed by atoms with Gasteiger partial charge in [0.15, 0.2) is 11.5 Å². The van der Waals surface area contributed by atoms with Gasteiger partial charge in [0.1, 0.15) is 18.2 Å². The smallest absolute Gasteiger partial charge is 0.226 e. The lowest BCUT2D eigenvalue weighted by Crippen LogP contribution is -2.39. The number of amides is 1. The summed E-state index contributed by atoms with van der Waals surface area (Å²) in [4.78, 5) is 14.8. The van der Waals surface area contributed by atoms with Gasteiger partial charge < -0.3 is 20.1 Å². The molecule has 1 aliphatic carbocycles. The molecule has 2 aromatic carbocycles. The molecule has 2 N–H and O–H groups in total. The van der Waals surface area contributed by atoms with Gasteiger partial charge in [-0.3, -0.25) is 4.79 Å². The number of halogens is 2. The van der Waals surface area contributed by atoms with E-state index in [1.807, 2.05) is 17.0 Å². The Balaban J connectivity index is 1.69. The molecular formula is C24H30F2N2O3. The van der Waals surface area contributed by atoms with E-state index in [0.29, 0.717) is 31.1 Å². The van der Waals surface area contributed by atoms with Crippen LogP contribution in [0, 0.1) is 17.6 Å². The molecule has 1 fully saturated rings. The van der Waals surface area contributed by atoms with Crippen LogP contribution in [0.15, 0.2) is 36.4 Å². The van der Waals surface area contributed by atoms with Crippen molar-refractivity contribution in [3.8, 4) is 11.5 Å². The van der Waals surface area contributed by atoms with Crippen molar-refractivity contribution in [3.63, 3.8) is 0 Å². The first-order chi connectivity index (χ1) is 15.0. The van der Waals surface area contributed by atoms with E-state index < -0.39 is 11.6 Å². The number of nitrogens with two attached hydrogens (primary N) is 1. The quantitative estimate of drug-likeness (QED) is 0.637. The topological polar surface area (TPSA) is 64.8 Å². The Morgan fingerprint density at radius 3 is 2.55 bits per heavy atom. The normalized spacial score (nSPS) is 14.3. The van der Waals surface area contributed by atoms with E-state index in [4.69, 9.17) is 15.2 Å². The summed E-state index contributed by atoms with van der Waals surface area (Å²) in [6.45, 7) is 1.29. The van der Waals surface area contributed by atoms with Crippen molar-refractivity contribution in [1.82, 2.24) is 4.90 Å². The standard InChI is InChI=1S/C24H30F2N2O3/c1-30-23-13-17(15-28(12-11-27)24(29)18-5-3-2-4-6-18)7-10-22(23)31-16-19-8-9-20(25)14-21(19)26/h7-10,13-14,18H,2-6,11-12,15-16,27H2,1H3. The zero-order chi connectivity index (χ0) is 22.2. The lowest BCUT2D eigenvalue weighted by molar-refractivity contribution is -0.137. The van der Waals surface area contributed by atoms with Crippen molar-refractivity contribution < 1.29 is 23.0 Å². The summed E-state index contributed by atoms with van der Waals surface area (Å²) in [7, 11) is 1.52. The monoisotopic (exact) mass is 432 g/mol. The minimum Gasteiger partial charge on any atom is -0.493 e. The predicted octanol–water partition coefficient (Wildman–Crippen LogP) is 4.42. The SMILES string of the molecule is COc1cc(CN(CCN)C(=O)C2CCCCC2)ccc1OCc1ccc(F)cc1F. The Morgan fingerprint density at radius 1 is 1.10 bits per heavy atom. The van der Waals surface area contributed by atoms with Gasteiger partial charge in [-0.15, -0.1) is 0 Å². The second kappa shape index (κ2) is 11.1. The maximum Gasteiger partial charge on any atom is 0.226 e. The molecule has 1 saturated carbocycles. The lowest BCUT2D eigenvalue weighted by Gasteiger charge is -2.29. The fraction of sp³-hybridized carbons (Fsp3) is 0.458.